The smallest absolute Gasteiger partial charge is 0.275 e. The molecular weight excluding hydrogens is 246 g/mol. The molecule has 1 fully saturated rings. The first-order valence-corrected chi connectivity index (χ1v) is 6.37. The number of ether oxygens (including phenoxy) is 1. The maximum atomic E-state index is 10.8. The number of benzene rings is 1. The predicted octanol–water partition coefficient (Wildman–Crippen LogP) is 2.11. The van der Waals surface area contributed by atoms with Crippen molar-refractivity contribution >= 4 is 11.4 Å². The summed E-state index contributed by atoms with van der Waals surface area (Å²) in [6, 6.07) is 5.23. The third-order valence-electron chi connectivity index (χ3n) is 3.55. The number of hydrogen-bond donors (Lipinski definition) is 1. The molecule has 104 valence electrons. The second-order valence-electron chi connectivity index (χ2n) is 4.83. The minimum Gasteiger partial charge on any atom is -0.496 e. The zero-order chi connectivity index (χ0) is 13.8. The highest BCUT2D eigenvalue weighted by Gasteiger charge is 2.20. The summed E-state index contributed by atoms with van der Waals surface area (Å²) >= 11 is 0. The summed E-state index contributed by atoms with van der Waals surface area (Å²) in [5.74, 6) is 0.497. The molecule has 1 atom stereocenters. The van der Waals surface area contributed by atoms with Gasteiger partial charge in [-0.2, -0.15) is 0 Å². The largest absolute Gasteiger partial charge is 0.496 e. The van der Waals surface area contributed by atoms with E-state index >= 15 is 0 Å². The van der Waals surface area contributed by atoms with Crippen LogP contribution >= 0.6 is 0 Å². The molecule has 0 amide bonds. The molecule has 2 rings (SSSR count). The number of hydrogen-bond acceptors (Lipinski definition) is 5. The van der Waals surface area contributed by atoms with Crippen LogP contribution in [0.1, 0.15) is 12.8 Å². The highest BCUT2D eigenvalue weighted by molar-refractivity contribution is 5.56. The number of likely N-dealkylation sites (N-methyl/N-ethyl adjacent to an activating group) is 1. The second kappa shape index (κ2) is 5.88. The van der Waals surface area contributed by atoms with E-state index in [0.29, 0.717) is 11.8 Å². The first-order valence-electron chi connectivity index (χ1n) is 6.37. The molecule has 6 nitrogen and oxygen atoms in total. The van der Waals surface area contributed by atoms with Crippen molar-refractivity contribution in [1.82, 2.24) is 4.90 Å². The van der Waals surface area contributed by atoms with Crippen molar-refractivity contribution in [3.8, 4) is 5.75 Å². The van der Waals surface area contributed by atoms with Crippen LogP contribution in [0.5, 0.6) is 5.75 Å². The van der Waals surface area contributed by atoms with Gasteiger partial charge in [0.1, 0.15) is 5.75 Å². The SMILES string of the molecule is COc1cc(NCC2CCCN2C)cc([N+](=O)[O-])c1. The lowest BCUT2D eigenvalue weighted by Crippen LogP contribution is -2.31. The predicted molar refractivity (Wildman–Crippen MR) is 73.8 cm³/mol. The second-order valence-corrected chi connectivity index (χ2v) is 4.83. The van der Waals surface area contributed by atoms with E-state index in [1.54, 1.807) is 6.07 Å². The van der Waals surface area contributed by atoms with Gasteiger partial charge in [-0.1, -0.05) is 0 Å². The zero-order valence-corrected chi connectivity index (χ0v) is 11.3. The number of likely N-dealkylation sites (tertiary alicyclic amines) is 1. The van der Waals surface area contributed by atoms with Crippen molar-refractivity contribution in [2.75, 3.05) is 32.6 Å². The molecule has 0 aliphatic carbocycles. The van der Waals surface area contributed by atoms with Crippen molar-refractivity contribution < 1.29 is 9.66 Å². The Bertz CT molecular complexity index is 464. The van der Waals surface area contributed by atoms with Crippen LogP contribution in [-0.4, -0.2) is 43.1 Å². The zero-order valence-electron chi connectivity index (χ0n) is 11.3. The van der Waals surface area contributed by atoms with Gasteiger partial charge < -0.3 is 15.0 Å². The van der Waals surface area contributed by atoms with E-state index in [1.165, 1.54) is 25.7 Å². The van der Waals surface area contributed by atoms with Crippen molar-refractivity contribution in [2.45, 2.75) is 18.9 Å². The van der Waals surface area contributed by atoms with Crippen molar-refractivity contribution in [2.24, 2.45) is 0 Å². The molecule has 0 bridgehead atoms. The third-order valence-corrected chi connectivity index (χ3v) is 3.55. The van der Waals surface area contributed by atoms with E-state index in [2.05, 4.69) is 17.3 Å². The lowest BCUT2D eigenvalue weighted by molar-refractivity contribution is -0.384. The van der Waals surface area contributed by atoms with Crippen molar-refractivity contribution in [1.29, 1.82) is 0 Å². The number of non-ortho nitro benzene ring substituents is 1. The number of nitrogens with one attached hydrogen (secondary N) is 1. The number of rotatable bonds is 5. The fourth-order valence-electron chi connectivity index (χ4n) is 2.38. The summed E-state index contributed by atoms with van der Waals surface area (Å²) < 4.78 is 5.08. The summed E-state index contributed by atoms with van der Waals surface area (Å²) in [5, 5.41) is 14.1. The van der Waals surface area contributed by atoms with Crippen LogP contribution < -0.4 is 10.1 Å². The Morgan fingerprint density at radius 2 is 2.32 bits per heavy atom. The molecule has 0 spiro atoms. The van der Waals surface area contributed by atoms with Gasteiger partial charge >= 0.3 is 0 Å². The Morgan fingerprint density at radius 1 is 1.53 bits per heavy atom. The van der Waals surface area contributed by atoms with Crippen LogP contribution in [0.3, 0.4) is 0 Å². The first-order chi connectivity index (χ1) is 9.10. The van der Waals surface area contributed by atoms with E-state index in [0.717, 1.165) is 25.2 Å². The van der Waals surface area contributed by atoms with Crippen molar-refractivity contribution in [3.63, 3.8) is 0 Å². The minimum absolute atomic E-state index is 0.0432. The van der Waals surface area contributed by atoms with Crippen LogP contribution in [0.25, 0.3) is 0 Å². The van der Waals surface area contributed by atoms with Gasteiger partial charge in [0, 0.05) is 30.4 Å². The fraction of sp³-hybridized carbons (Fsp3) is 0.538. The van der Waals surface area contributed by atoms with Crippen LogP contribution in [0.4, 0.5) is 11.4 Å². The average molecular weight is 265 g/mol. The van der Waals surface area contributed by atoms with E-state index in [4.69, 9.17) is 4.74 Å². The molecule has 1 unspecified atom stereocenters. The van der Waals surface area contributed by atoms with E-state index < -0.39 is 4.92 Å². The number of nitro groups is 1. The number of anilines is 1. The molecule has 19 heavy (non-hydrogen) atoms. The third kappa shape index (κ3) is 3.35. The van der Waals surface area contributed by atoms with Gasteiger partial charge in [0.25, 0.3) is 5.69 Å². The molecule has 6 heteroatoms. The van der Waals surface area contributed by atoms with E-state index in [9.17, 15) is 10.1 Å². The van der Waals surface area contributed by atoms with Gasteiger partial charge in [-0.25, -0.2) is 0 Å². The fourth-order valence-corrected chi connectivity index (χ4v) is 2.38. The lowest BCUT2D eigenvalue weighted by Gasteiger charge is -2.20. The van der Waals surface area contributed by atoms with E-state index in [1.807, 2.05) is 0 Å². The lowest BCUT2D eigenvalue weighted by atomic mass is 10.2. The summed E-state index contributed by atoms with van der Waals surface area (Å²) in [7, 11) is 3.61. The van der Waals surface area contributed by atoms with Gasteiger partial charge in [-0.15, -0.1) is 0 Å². The Labute approximate surface area is 112 Å². The molecule has 0 aromatic heterocycles. The Balaban J connectivity index is 2.06. The Kier molecular flexibility index (Phi) is 4.21. The van der Waals surface area contributed by atoms with Gasteiger partial charge in [-0.3, -0.25) is 10.1 Å². The molecule has 0 radical (unpaired) electrons. The number of nitro benzene ring substituents is 1. The summed E-state index contributed by atoms with van der Waals surface area (Å²) in [4.78, 5) is 12.7. The maximum absolute atomic E-state index is 10.8. The van der Waals surface area contributed by atoms with Gasteiger partial charge in [0.05, 0.1) is 18.1 Å². The summed E-state index contributed by atoms with van der Waals surface area (Å²) in [5.41, 5.74) is 0.771. The molecule has 1 saturated heterocycles. The average Bonchev–Trinajstić information content (AvgIpc) is 2.81. The highest BCUT2D eigenvalue weighted by atomic mass is 16.6. The molecule has 1 aromatic carbocycles. The van der Waals surface area contributed by atoms with Gasteiger partial charge in [0.2, 0.25) is 0 Å². The topological polar surface area (TPSA) is 67.6 Å². The quantitative estimate of drug-likeness (QED) is 0.652. The van der Waals surface area contributed by atoms with Crippen LogP contribution in [0, 0.1) is 10.1 Å². The number of methoxy groups -OCH3 is 1. The maximum Gasteiger partial charge on any atom is 0.275 e. The van der Waals surface area contributed by atoms with Gasteiger partial charge in [-0.05, 0) is 26.4 Å². The Hall–Kier alpha value is -1.82. The minimum atomic E-state index is -0.407. The molecule has 1 aromatic rings. The van der Waals surface area contributed by atoms with E-state index in [-0.39, 0.29) is 5.69 Å². The summed E-state index contributed by atoms with van der Waals surface area (Å²) in [6.45, 7) is 1.91. The normalized spacial score (nSPS) is 19.4. The highest BCUT2D eigenvalue weighted by Crippen LogP contribution is 2.26. The Morgan fingerprint density at radius 3 is 2.89 bits per heavy atom. The monoisotopic (exact) mass is 265 g/mol. The molecule has 1 heterocycles. The molecule has 1 aliphatic heterocycles. The van der Waals surface area contributed by atoms with Crippen molar-refractivity contribution in [3.05, 3.63) is 28.3 Å². The number of nitrogens with zero attached hydrogens (tertiary/aromatic N) is 2. The standard InChI is InChI=1S/C13H19N3O3/c1-15-5-3-4-11(15)9-14-10-6-12(16(17)18)8-13(7-10)19-2/h6-8,11,14H,3-5,9H2,1-2H3. The molecular formula is C13H19N3O3. The molecule has 1 N–H and O–H groups in total. The molecule has 1 aliphatic rings. The molecule has 0 saturated carbocycles. The van der Waals surface area contributed by atoms with Crippen LogP contribution in [-0.2, 0) is 0 Å². The van der Waals surface area contributed by atoms with Crippen LogP contribution in [0.2, 0.25) is 0 Å². The van der Waals surface area contributed by atoms with Crippen LogP contribution in [0.15, 0.2) is 18.2 Å². The first kappa shape index (κ1) is 13.6. The van der Waals surface area contributed by atoms with Gasteiger partial charge in [0.15, 0.2) is 0 Å². The summed E-state index contributed by atoms with van der Waals surface area (Å²) in [6.07, 6.45) is 2.37.